The van der Waals surface area contributed by atoms with E-state index in [4.69, 9.17) is 0 Å². The van der Waals surface area contributed by atoms with E-state index in [0.29, 0.717) is 12.2 Å². The first-order valence-electron chi connectivity index (χ1n) is 10.4. The van der Waals surface area contributed by atoms with Crippen LogP contribution in [0.25, 0.3) is 0 Å². The number of anilines is 1. The normalized spacial score (nSPS) is 15.5. The molecule has 31 heavy (non-hydrogen) atoms. The Labute approximate surface area is 181 Å². The minimum Gasteiger partial charge on any atom is -0.618 e. The molecule has 0 aliphatic carbocycles. The Balaban J connectivity index is 1.55. The van der Waals surface area contributed by atoms with Crippen molar-refractivity contribution < 1.29 is 18.7 Å². The van der Waals surface area contributed by atoms with Crippen LogP contribution in [-0.2, 0) is 11.3 Å². The van der Waals surface area contributed by atoms with Crippen LogP contribution in [0.3, 0.4) is 0 Å². The molecule has 0 saturated carbocycles. The molecule has 1 saturated heterocycles. The number of amides is 2. The quantitative estimate of drug-likeness (QED) is 0.566. The highest BCUT2D eigenvalue weighted by Crippen LogP contribution is 2.21. The SMILES string of the molecule is CC(C)(C)NC(=O)C1CCN(Cc2cccc(NC(=O)c3ccc(F)c[n+]3[O-])c2)CC1. The van der Waals surface area contributed by atoms with Crippen molar-refractivity contribution in [3.8, 4) is 0 Å². The summed E-state index contributed by atoms with van der Waals surface area (Å²) >= 11 is 0. The van der Waals surface area contributed by atoms with Crippen LogP contribution in [0.2, 0.25) is 0 Å². The van der Waals surface area contributed by atoms with E-state index < -0.39 is 11.7 Å². The maximum atomic E-state index is 13.1. The van der Waals surface area contributed by atoms with Crippen LogP contribution in [-0.4, -0.2) is 35.3 Å². The number of hydrogen-bond donors (Lipinski definition) is 2. The van der Waals surface area contributed by atoms with Crippen molar-refractivity contribution in [1.82, 2.24) is 10.2 Å². The molecule has 166 valence electrons. The molecule has 0 atom stereocenters. The van der Waals surface area contributed by atoms with Gasteiger partial charge in [0.25, 0.3) is 5.69 Å². The van der Waals surface area contributed by atoms with Gasteiger partial charge in [-0.15, -0.1) is 0 Å². The molecule has 3 rings (SSSR count). The molecule has 0 spiro atoms. The van der Waals surface area contributed by atoms with E-state index in [2.05, 4.69) is 15.5 Å². The Kier molecular flexibility index (Phi) is 6.90. The molecule has 2 N–H and O–H groups in total. The number of pyridine rings is 1. The summed E-state index contributed by atoms with van der Waals surface area (Å²) in [5, 5.41) is 17.5. The van der Waals surface area contributed by atoms with Gasteiger partial charge in [-0.3, -0.25) is 14.5 Å². The highest BCUT2D eigenvalue weighted by Gasteiger charge is 2.27. The predicted molar refractivity (Wildman–Crippen MR) is 116 cm³/mol. The van der Waals surface area contributed by atoms with Crippen LogP contribution >= 0.6 is 0 Å². The molecule has 0 radical (unpaired) electrons. The number of benzene rings is 1. The average Bonchev–Trinajstić information content (AvgIpc) is 2.67. The molecule has 1 fully saturated rings. The van der Waals surface area contributed by atoms with Gasteiger partial charge in [0.2, 0.25) is 12.1 Å². The summed E-state index contributed by atoms with van der Waals surface area (Å²) in [6, 6.07) is 9.63. The van der Waals surface area contributed by atoms with Crippen molar-refractivity contribution in [3.05, 3.63) is 64.9 Å². The molecule has 2 aromatic rings. The number of aromatic nitrogens is 1. The van der Waals surface area contributed by atoms with Crippen LogP contribution in [0.4, 0.5) is 10.1 Å². The first-order valence-corrected chi connectivity index (χ1v) is 10.4. The summed E-state index contributed by atoms with van der Waals surface area (Å²) in [4.78, 5) is 27.0. The molecular weight excluding hydrogens is 399 g/mol. The molecule has 1 aliphatic heterocycles. The molecule has 1 aromatic carbocycles. The number of hydrogen-bond acceptors (Lipinski definition) is 4. The fourth-order valence-electron chi connectivity index (χ4n) is 3.66. The summed E-state index contributed by atoms with van der Waals surface area (Å²) in [5.41, 5.74) is 1.18. The number of likely N-dealkylation sites (tertiary alicyclic amines) is 1. The third-order valence-corrected chi connectivity index (χ3v) is 5.16. The predicted octanol–water partition coefficient (Wildman–Crippen LogP) is 2.84. The summed E-state index contributed by atoms with van der Waals surface area (Å²) in [6.07, 6.45) is 2.34. The largest absolute Gasteiger partial charge is 0.618 e. The summed E-state index contributed by atoms with van der Waals surface area (Å²) in [5.74, 6) is -1.14. The second kappa shape index (κ2) is 9.43. The molecule has 8 heteroatoms. The highest BCUT2D eigenvalue weighted by atomic mass is 19.1. The van der Waals surface area contributed by atoms with Gasteiger partial charge in [-0.25, -0.2) is 4.39 Å². The number of carbonyl (C=O) groups is 2. The highest BCUT2D eigenvalue weighted by molar-refractivity contribution is 6.01. The zero-order valence-electron chi connectivity index (χ0n) is 18.2. The van der Waals surface area contributed by atoms with E-state index in [1.807, 2.05) is 39.0 Å². The summed E-state index contributed by atoms with van der Waals surface area (Å²) in [7, 11) is 0. The van der Waals surface area contributed by atoms with Gasteiger partial charge in [0.15, 0.2) is 5.82 Å². The topological polar surface area (TPSA) is 88.4 Å². The third kappa shape index (κ3) is 6.49. The molecular formula is C23H29FN4O3. The van der Waals surface area contributed by atoms with Gasteiger partial charge in [0.05, 0.1) is 0 Å². The van der Waals surface area contributed by atoms with Gasteiger partial charge >= 0.3 is 5.91 Å². The Bertz CT molecular complexity index is 950. The summed E-state index contributed by atoms with van der Waals surface area (Å²) < 4.78 is 13.3. The Hall–Kier alpha value is -3.00. The van der Waals surface area contributed by atoms with Gasteiger partial charge in [-0.2, -0.15) is 4.73 Å². The molecule has 7 nitrogen and oxygen atoms in total. The molecule has 0 bridgehead atoms. The molecule has 1 aliphatic rings. The number of rotatable bonds is 5. The second-order valence-electron chi connectivity index (χ2n) is 9.00. The molecule has 2 amide bonds. The Morgan fingerprint density at radius 3 is 2.55 bits per heavy atom. The van der Waals surface area contributed by atoms with Crippen LogP contribution in [0, 0.1) is 16.9 Å². The zero-order valence-corrected chi connectivity index (χ0v) is 18.2. The van der Waals surface area contributed by atoms with Gasteiger partial charge < -0.3 is 15.8 Å². The number of carbonyl (C=O) groups excluding carboxylic acids is 2. The monoisotopic (exact) mass is 428 g/mol. The first-order chi connectivity index (χ1) is 14.6. The van der Waals surface area contributed by atoms with Crippen molar-refractivity contribution in [1.29, 1.82) is 0 Å². The third-order valence-electron chi connectivity index (χ3n) is 5.16. The fourth-order valence-corrected chi connectivity index (χ4v) is 3.66. The number of nitrogens with zero attached hydrogens (tertiary/aromatic N) is 2. The second-order valence-corrected chi connectivity index (χ2v) is 9.00. The van der Waals surface area contributed by atoms with Crippen LogP contribution in [0.1, 0.15) is 49.7 Å². The number of nitrogens with one attached hydrogen (secondary N) is 2. The lowest BCUT2D eigenvalue weighted by atomic mass is 9.94. The van der Waals surface area contributed by atoms with Crippen LogP contribution in [0.5, 0.6) is 0 Å². The van der Waals surface area contributed by atoms with Gasteiger partial charge in [0, 0.05) is 29.8 Å². The Morgan fingerprint density at radius 2 is 1.90 bits per heavy atom. The van der Waals surface area contributed by atoms with E-state index in [0.717, 1.165) is 49.8 Å². The summed E-state index contributed by atoms with van der Waals surface area (Å²) in [6.45, 7) is 8.31. The average molecular weight is 429 g/mol. The van der Waals surface area contributed by atoms with E-state index in [1.54, 1.807) is 6.07 Å². The van der Waals surface area contributed by atoms with Crippen LogP contribution in [0.15, 0.2) is 42.6 Å². The van der Waals surface area contributed by atoms with Crippen molar-refractivity contribution >= 4 is 17.5 Å². The smallest absolute Gasteiger partial charge is 0.321 e. The standard InChI is InChI=1S/C23H29FN4O3/c1-23(2,3)26-21(29)17-9-11-27(12-10-17)14-16-5-4-6-19(13-16)25-22(30)20-8-7-18(24)15-28(20)31/h4-8,13,15,17H,9-12,14H2,1-3H3,(H,25,30)(H,26,29). The van der Waals surface area contributed by atoms with Crippen molar-refractivity contribution in [2.24, 2.45) is 5.92 Å². The van der Waals surface area contributed by atoms with Gasteiger partial charge in [0.1, 0.15) is 0 Å². The van der Waals surface area contributed by atoms with Crippen molar-refractivity contribution in [2.45, 2.75) is 45.7 Å². The lowest BCUT2D eigenvalue weighted by Crippen LogP contribution is -2.46. The lowest BCUT2D eigenvalue weighted by molar-refractivity contribution is -0.609. The lowest BCUT2D eigenvalue weighted by Gasteiger charge is -2.33. The van der Waals surface area contributed by atoms with Crippen LogP contribution < -0.4 is 15.4 Å². The van der Waals surface area contributed by atoms with E-state index >= 15 is 0 Å². The minimum absolute atomic E-state index is 0.0376. The van der Waals surface area contributed by atoms with Crippen molar-refractivity contribution in [3.63, 3.8) is 0 Å². The minimum atomic E-state index is -0.701. The van der Waals surface area contributed by atoms with Crippen molar-refractivity contribution in [2.75, 3.05) is 18.4 Å². The number of piperidine rings is 1. The van der Waals surface area contributed by atoms with Gasteiger partial charge in [-0.1, -0.05) is 12.1 Å². The first kappa shape index (κ1) is 22.7. The zero-order chi connectivity index (χ0) is 22.6. The molecule has 2 heterocycles. The van der Waals surface area contributed by atoms with Gasteiger partial charge in [-0.05, 0) is 70.5 Å². The van der Waals surface area contributed by atoms with E-state index in [1.165, 1.54) is 0 Å². The fraction of sp³-hybridized carbons (Fsp3) is 0.435. The molecule has 1 aromatic heterocycles. The molecule has 0 unspecified atom stereocenters. The maximum Gasteiger partial charge on any atom is 0.321 e. The van der Waals surface area contributed by atoms with E-state index in [-0.39, 0.29) is 27.8 Å². The maximum absolute atomic E-state index is 13.1. The van der Waals surface area contributed by atoms with E-state index in [9.17, 15) is 19.2 Å². The Morgan fingerprint density at radius 1 is 1.19 bits per heavy atom. The number of halogens is 1.